The molecule has 0 aromatic heterocycles. The molecule has 0 bridgehead atoms. The van der Waals surface area contributed by atoms with E-state index in [1.165, 1.54) is 12.8 Å². The van der Waals surface area contributed by atoms with Gasteiger partial charge in [-0.3, -0.25) is 0 Å². The summed E-state index contributed by atoms with van der Waals surface area (Å²) in [6, 6.07) is 0. The third kappa shape index (κ3) is 4.94. The molecule has 3 heteroatoms. The van der Waals surface area contributed by atoms with E-state index in [-0.39, 0.29) is 12.7 Å². The summed E-state index contributed by atoms with van der Waals surface area (Å²) in [7, 11) is 0. The molecule has 1 aliphatic rings. The third-order valence-corrected chi connectivity index (χ3v) is 3.93. The van der Waals surface area contributed by atoms with E-state index in [1.807, 2.05) is 0 Å². The fraction of sp³-hybridized carbons (Fsp3) is 1.00. The van der Waals surface area contributed by atoms with Crippen LogP contribution in [0.3, 0.4) is 0 Å². The molecule has 0 saturated heterocycles. The Hall–Kier alpha value is -0.120. The van der Waals surface area contributed by atoms with Gasteiger partial charge in [0.25, 0.3) is 0 Å². The lowest BCUT2D eigenvalue weighted by atomic mass is 9.75. The second-order valence-corrected chi connectivity index (χ2v) is 5.86. The molecule has 0 aliphatic heterocycles. The van der Waals surface area contributed by atoms with E-state index in [2.05, 4.69) is 20.8 Å². The van der Waals surface area contributed by atoms with E-state index in [9.17, 15) is 5.11 Å². The Morgan fingerprint density at radius 2 is 2.00 bits per heavy atom. The fourth-order valence-electron chi connectivity index (χ4n) is 2.77. The first-order chi connectivity index (χ1) is 8.04. The van der Waals surface area contributed by atoms with Crippen LogP contribution in [-0.2, 0) is 4.74 Å². The maximum atomic E-state index is 9.59. The molecule has 1 saturated carbocycles. The first kappa shape index (κ1) is 14.9. The van der Waals surface area contributed by atoms with Crippen molar-refractivity contribution in [2.24, 2.45) is 17.8 Å². The summed E-state index contributed by atoms with van der Waals surface area (Å²) >= 11 is 0. The molecule has 102 valence electrons. The van der Waals surface area contributed by atoms with Gasteiger partial charge < -0.3 is 14.9 Å². The van der Waals surface area contributed by atoms with Gasteiger partial charge >= 0.3 is 0 Å². The summed E-state index contributed by atoms with van der Waals surface area (Å²) in [5, 5.41) is 18.3. The maximum absolute atomic E-state index is 9.59. The highest BCUT2D eigenvalue weighted by molar-refractivity contribution is 4.81. The quantitative estimate of drug-likeness (QED) is 0.753. The van der Waals surface area contributed by atoms with Crippen molar-refractivity contribution in [3.05, 3.63) is 0 Å². The smallest absolute Gasteiger partial charge is 0.0795 e. The van der Waals surface area contributed by atoms with Crippen LogP contribution >= 0.6 is 0 Å². The van der Waals surface area contributed by atoms with Crippen molar-refractivity contribution in [3.8, 4) is 0 Å². The molecule has 0 heterocycles. The maximum Gasteiger partial charge on any atom is 0.0795 e. The van der Waals surface area contributed by atoms with Gasteiger partial charge in [0.1, 0.15) is 0 Å². The minimum atomic E-state index is -0.523. The highest BCUT2D eigenvalue weighted by Gasteiger charge is 2.31. The van der Waals surface area contributed by atoms with E-state index >= 15 is 0 Å². The van der Waals surface area contributed by atoms with Gasteiger partial charge in [0.2, 0.25) is 0 Å². The van der Waals surface area contributed by atoms with Gasteiger partial charge in [0.05, 0.1) is 18.8 Å². The minimum absolute atomic E-state index is 0.0270. The standard InChI is InChI=1S/C14H28O3/c1-10(2)13-5-4-11(3)8-14(13)17-9-12(16)6-7-15/h10-16H,4-9H2,1-3H3. The predicted molar refractivity (Wildman–Crippen MR) is 68.8 cm³/mol. The van der Waals surface area contributed by atoms with Crippen molar-refractivity contribution in [1.29, 1.82) is 0 Å². The molecular formula is C14H28O3. The van der Waals surface area contributed by atoms with E-state index in [0.29, 0.717) is 24.9 Å². The lowest BCUT2D eigenvalue weighted by Gasteiger charge is -2.37. The second kappa shape index (κ2) is 7.34. The van der Waals surface area contributed by atoms with Crippen molar-refractivity contribution < 1.29 is 14.9 Å². The molecule has 0 amide bonds. The Labute approximate surface area is 105 Å². The van der Waals surface area contributed by atoms with E-state index in [4.69, 9.17) is 9.84 Å². The van der Waals surface area contributed by atoms with E-state index in [0.717, 1.165) is 12.3 Å². The summed E-state index contributed by atoms with van der Waals surface area (Å²) in [4.78, 5) is 0. The number of aliphatic hydroxyl groups is 2. The zero-order chi connectivity index (χ0) is 12.8. The van der Waals surface area contributed by atoms with Crippen LogP contribution in [-0.4, -0.2) is 35.6 Å². The van der Waals surface area contributed by atoms with Crippen LogP contribution in [0.25, 0.3) is 0 Å². The summed E-state index contributed by atoms with van der Waals surface area (Å²) in [5.74, 6) is 1.99. The fourth-order valence-corrected chi connectivity index (χ4v) is 2.77. The van der Waals surface area contributed by atoms with Gasteiger partial charge in [-0.1, -0.05) is 27.2 Å². The van der Waals surface area contributed by atoms with Crippen LogP contribution in [0, 0.1) is 17.8 Å². The molecule has 4 atom stereocenters. The van der Waals surface area contributed by atoms with Crippen LogP contribution in [0.4, 0.5) is 0 Å². The average Bonchev–Trinajstić information content (AvgIpc) is 2.26. The number of ether oxygens (including phenoxy) is 1. The highest BCUT2D eigenvalue weighted by Crippen LogP contribution is 2.35. The molecule has 17 heavy (non-hydrogen) atoms. The lowest BCUT2D eigenvalue weighted by molar-refractivity contribution is -0.0721. The predicted octanol–water partition coefficient (Wildman–Crippen LogP) is 2.21. The number of hydrogen-bond acceptors (Lipinski definition) is 3. The normalized spacial score (nSPS) is 31.8. The zero-order valence-electron chi connectivity index (χ0n) is 11.4. The largest absolute Gasteiger partial charge is 0.396 e. The first-order valence-electron chi connectivity index (χ1n) is 6.95. The van der Waals surface area contributed by atoms with E-state index in [1.54, 1.807) is 0 Å². The Morgan fingerprint density at radius 3 is 2.59 bits per heavy atom. The van der Waals surface area contributed by atoms with Gasteiger partial charge in [-0.15, -0.1) is 0 Å². The molecule has 0 radical (unpaired) electrons. The van der Waals surface area contributed by atoms with Crippen LogP contribution in [0.2, 0.25) is 0 Å². The minimum Gasteiger partial charge on any atom is -0.396 e. The second-order valence-electron chi connectivity index (χ2n) is 5.86. The summed E-state index contributed by atoms with van der Waals surface area (Å²) in [6.45, 7) is 7.17. The average molecular weight is 244 g/mol. The monoisotopic (exact) mass is 244 g/mol. The van der Waals surface area contributed by atoms with Gasteiger partial charge in [0.15, 0.2) is 0 Å². The Bertz CT molecular complexity index is 206. The van der Waals surface area contributed by atoms with Crippen LogP contribution < -0.4 is 0 Å². The van der Waals surface area contributed by atoms with Gasteiger partial charge in [-0.25, -0.2) is 0 Å². The molecule has 0 spiro atoms. The summed E-state index contributed by atoms with van der Waals surface area (Å²) in [6.07, 6.45) is 3.81. The molecule has 0 aromatic carbocycles. The molecule has 1 rings (SSSR count). The Morgan fingerprint density at radius 1 is 1.29 bits per heavy atom. The summed E-state index contributed by atoms with van der Waals surface area (Å²) < 4.78 is 5.88. The zero-order valence-corrected chi connectivity index (χ0v) is 11.4. The number of hydrogen-bond donors (Lipinski definition) is 2. The van der Waals surface area contributed by atoms with E-state index < -0.39 is 6.10 Å². The molecule has 3 nitrogen and oxygen atoms in total. The van der Waals surface area contributed by atoms with Crippen molar-refractivity contribution in [2.75, 3.05) is 13.2 Å². The van der Waals surface area contributed by atoms with Gasteiger partial charge in [-0.2, -0.15) is 0 Å². The highest BCUT2D eigenvalue weighted by atomic mass is 16.5. The topological polar surface area (TPSA) is 49.7 Å². The number of rotatable bonds is 6. The van der Waals surface area contributed by atoms with Crippen molar-refractivity contribution in [2.45, 2.75) is 58.7 Å². The van der Waals surface area contributed by atoms with Crippen molar-refractivity contribution in [1.82, 2.24) is 0 Å². The Balaban J connectivity index is 2.41. The van der Waals surface area contributed by atoms with Crippen LogP contribution in [0.15, 0.2) is 0 Å². The van der Waals surface area contributed by atoms with Crippen molar-refractivity contribution >= 4 is 0 Å². The number of aliphatic hydroxyl groups excluding tert-OH is 2. The van der Waals surface area contributed by atoms with Gasteiger partial charge in [0, 0.05) is 6.61 Å². The van der Waals surface area contributed by atoms with Crippen molar-refractivity contribution in [3.63, 3.8) is 0 Å². The molecule has 2 N–H and O–H groups in total. The molecule has 1 fully saturated rings. The lowest BCUT2D eigenvalue weighted by Crippen LogP contribution is -2.36. The van der Waals surface area contributed by atoms with Gasteiger partial charge in [-0.05, 0) is 37.0 Å². The molecular weight excluding hydrogens is 216 g/mol. The molecule has 0 aromatic rings. The molecule has 1 aliphatic carbocycles. The Kier molecular flexibility index (Phi) is 6.45. The third-order valence-electron chi connectivity index (χ3n) is 3.93. The first-order valence-corrected chi connectivity index (χ1v) is 6.95. The van der Waals surface area contributed by atoms with Crippen LogP contribution in [0.5, 0.6) is 0 Å². The summed E-state index contributed by atoms with van der Waals surface area (Å²) in [5.41, 5.74) is 0. The van der Waals surface area contributed by atoms with Crippen LogP contribution in [0.1, 0.15) is 46.5 Å². The SMILES string of the molecule is CC1CCC(C(C)C)C(OCC(O)CCO)C1. The molecule has 4 unspecified atom stereocenters.